The third kappa shape index (κ3) is 4.65. The minimum atomic E-state index is -0.520. The van der Waals surface area contributed by atoms with Crippen molar-refractivity contribution < 1.29 is 14.6 Å². The molecule has 26 heavy (non-hydrogen) atoms. The first-order valence-corrected chi connectivity index (χ1v) is 10.2. The molecule has 0 spiro atoms. The van der Waals surface area contributed by atoms with Crippen LogP contribution in [-0.2, 0) is 0 Å². The molecule has 1 saturated heterocycles. The average Bonchev–Trinajstić information content (AvgIpc) is 2.65. The standard InChI is InChI=1S/C19H19Cl2NO3S/c20-14-3-6-17(16(21)11-14)25-15-4-1-13(2-5-15)18(24)22-19(12-23)7-9-26-10-8-19/h1-6,11,23H,7-10,12H2,(H,22,24). The molecule has 0 saturated carbocycles. The van der Waals surface area contributed by atoms with Gasteiger partial charge in [0.2, 0.25) is 0 Å². The maximum absolute atomic E-state index is 12.5. The molecule has 0 bridgehead atoms. The van der Waals surface area contributed by atoms with Crippen molar-refractivity contribution in [1.82, 2.24) is 5.32 Å². The number of hydrogen-bond acceptors (Lipinski definition) is 4. The van der Waals surface area contributed by atoms with Gasteiger partial charge in [-0.3, -0.25) is 4.79 Å². The molecule has 1 fully saturated rings. The topological polar surface area (TPSA) is 58.6 Å². The lowest BCUT2D eigenvalue weighted by molar-refractivity contribution is 0.0817. The van der Waals surface area contributed by atoms with Crippen LogP contribution >= 0.6 is 35.0 Å². The number of carbonyl (C=O) groups excluding carboxylic acids is 1. The Labute approximate surface area is 166 Å². The number of amides is 1. The van der Waals surface area contributed by atoms with Crippen molar-refractivity contribution in [2.45, 2.75) is 18.4 Å². The van der Waals surface area contributed by atoms with Crippen LogP contribution in [-0.4, -0.2) is 34.7 Å². The van der Waals surface area contributed by atoms with Gasteiger partial charge < -0.3 is 15.2 Å². The van der Waals surface area contributed by atoms with Gasteiger partial charge in [-0.05, 0) is 66.8 Å². The van der Waals surface area contributed by atoms with Crippen LogP contribution < -0.4 is 10.1 Å². The lowest BCUT2D eigenvalue weighted by Crippen LogP contribution is -2.53. The Morgan fingerprint density at radius 2 is 1.85 bits per heavy atom. The summed E-state index contributed by atoms with van der Waals surface area (Å²) in [6, 6.07) is 11.8. The summed E-state index contributed by atoms with van der Waals surface area (Å²) in [6.07, 6.45) is 1.55. The summed E-state index contributed by atoms with van der Waals surface area (Å²) in [7, 11) is 0. The number of thioether (sulfide) groups is 1. The van der Waals surface area contributed by atoms with Crippen LogP contribution in [0, 0.1) is 0 Å². The average molecular weight is 412 g/mol. The Kier molecular flexibility index (Phi) is 6.35. The van der Waals surface area contributed by atoms with Gasteiger partial charge in [-0.1, -0.05) is 23.2 Å². The number of benzene rings is 2. The normalized spacial score (nSPS) is 16.1. The van der Waals surface area contributed by atoms with Crippen molar-refractivity contribution in [3.8, 4) is 11.5 Å². The fourth-order valence-corrected chi connectivity index (χ4v) is 4.48. The molecule has 1 aliphatic rings. The number of nitrogens with one attached hydrogen (secondary N) is 1. The molecular formula is C19H19Cl2NO3S. The minimum absolute atomic E-state index is 0.0461. The van der Waals surface area contributed by atoms with Crippen LogP contribution in [0.25, 0.3) is 0 Å². The van der Waals surface area contributed by atoms with E-state index in [0.717, 1.165) is 24.3 Å². The molecule has 0 aliphatic carbocycles. The summed E-state index contributed by atoms with van der Waals surface area (Å²) in [5.41, 5.74) is -0.000429. The first kappa shape index (κ1) is 19.4. The number of rotatable bonds is 5. The van der Waals surface area contributed by atoms with Crippen LogP contribution in [0.4, 0.5) is 0 Å². The summed E-state index contributed by atoms with van der Waals surface area (Å²) in [6.45, 7) is -0.0461. The summed E-state index contributed by atoms with van der Waals surface area (Å²) >= 11 is 13.8. The molecule has 2 N–H and O–H groups in total. The highest BCUT2D eigenvalue weighted by Crippen LogP contribution is 2.32. The first-order chi connectivity index (χ1) is 12.5. The Bertz CT molecular complexity index is 777. The smallest absolute Gasteiger partial charge is 0.251 e. The number of ether oxygens (including phenoxy) is 1. The van der Waals surface area contributed by atoms with Crippen molar-refractivity contribution in [2.24, 2.45) is 0 Å². The van der Waals surface area contributed by atoms with Gasteiger partial charge in [0.25, 0.3) is 5.91 Å². The lowest BCUT2D eigenvalue weighted by Gasteiger charge is -2.36. The first-order valence-electron chi connectivity index (χ1n) is 8.25. The van der Waals surface area contributed by atoms with Crippen molar-refractivity contribution in [1.29, 1.82) is 0 Å². The zero-order valence-corrected chi connectivity index (χ0v) is 16.3. The summed E-state index contributed by atoms with van der Waals surface area (Å²) in [5, 5.41) is 13.7. The summed E-state index contributed by atoms with van der Waals surface area (Å²) < 4.78 is 5.72. The van der Waals surface area contributed by atoms with Crippen LogP contribution in [0.5, 0.6) is 11.5 Å². The molecule has 4 nitrogen and oxygen atoms in total. The number of carbonyl (C=O) groups is 1. The van der Waals surface area contributed by atoms with E-state index in [1.54, 1.807) is 42.5 Å². The predicted octanol–water partition coefficient (Wildman–Crippen LogP) is 4.77. The number of halogens is 2. The zero-order valence-electron chi connectivity index (χ0n) is 14.0. The third-order valence-electron chi connectivity index (χ3n) is 4.37. The van der Waals surface area contributed by atoms with E-state index in [0.29, 0.717) is 27.1 Å². The zero-order chi connectivity index (χ0) is 18.6. The van der Waals surface area contributed by atoms with Gasteiger partial charge in [-0.25, -0.2) is 0 Å². The molecule has 0 aromatic heterocycles. The molecule has 0 atom stereocenters. The van der Waals surface area contributed by atoms with Gasteiger partial charge in [-0.2, -0.15) is 11.8 Å². The maximum atomic E-state index is 12.5. The number of hydrogen-bond donors (Lipinski definition) is 2. The van der Waals surface area contributed by atoms with Crippen LogP contribution in [0.1, 0.15) is 23.2 Å². The highest BCUT2D eigenvalue weighted by Gasteiger charge is 2.33. The van der Waals surface area contributed by atoms with Crippen LogP contribution in [0.15, 0.2) is 42.5 Å². The van der Waals surface area contributed by atoms with E-state index in [1.165, 1.54) is 0 Å². The highest BCUT2D eigenvalue weighted by molar-refractivity contribution is 7.99. The molecule has 138 valence electrons. The van der Waals surface area contributed by atoms with E-state index in [9.17, 15) is 9.90 Å². The summed E-state index contributed by atoms with van der Waals surface area (Å²) in [5.74, 6) is 2.75. The Morgan fingerprint density at radius 3 is 2.46 bits per heavy atom. The molecule has 2 aromatic carbocycles. The van der Waals surface area contributed by atoms with Gasteiger partial charge in [0.05, 0.1) is 17.2 Å². The van der Waals surface area contributed by atoms with Crippen LogP contribution in [0.2, 0.25) is 10.0 Å². The SMILES string of the molecule is O=C(NC1(CO)CCSCC1)c1ccc(Oc2ccc(Cl)cc2Cl)cc1. The number of aliphatic hydroxyl groups excluding tert-OH is 1. The van der Waals surface area contributed by atoms with E-state index < -0.39 is 5.54 Å². The molecule has 2 aromatic rings. The molecular weight excluding hydrogens is 393 g/mol. The van der Waals surface area contributed by atoms with Gasteiger partial charge >= 0.3 is 0 Å². The third-order valence-corrected chi connectivity index (χ3v) is 5.89. The van der Waals surface area contributed by atoms with Gasteiger partial charge in [0.1, 0.15) is 11.5 Å². The monoisotopic (exact) mass is 411 g/mol. The fourth-order valence-electron chi connectivity index (χ4n) is 2.76. The minimum Gasteiger partial charge on any atom is -0.456 e. The van der Waals surface area contributed by atoms with Gasteiger partial charge in [0.15, 0.2) is 0 Å². The fraction of sp³-hybridized carbons (Fsp3) is 0.316. The lowest BCUT2D eigenvalue weighted by atomic mass is 9.92. The highest BCUT2D eigenvalue weighted by atomic mass is 35.5. The summed E-state index contributed by atoms with van der Waals surface area (Å²) in [4.78, 5) is 12.5. The predicted molar refractivity (Wildman–Crippen MR) is 107 cm³/mol. The Hall–Kier alpha value is -1.40. The largest absolute Gasteiger partial charge is 0.456 e. The molecule has 1 amide bonds. The second kappa shape index (κ2) is 8.53. The van der Waals surface area contributed by atoms with E-state index in [-0.39, 0.29) is 12.5 Å². The van der Waals surface area contributed by atoms with Crippen molar-refractivity contribution in [2.75, 3.05) is 18.1 Å². The van der Waals surface area contributed by atoms with E-state index in [2.05, 4.69) is 5.32 Å². The van der Waals surface area contributed by atoms with E-state index >= 15 is 0 Å². The number of aliphatic hydroxyl groups is 1. The van der Waals surface area contributed by atoms with E-state index in [1.807, 2.05) is 11.8 Å². The second-order valence-electron chi connectivity index (χ2n) is 6.21. The molecule has 7 heteroatoms. The van der Waals surface area contributed by atoms with Gasteiger partial charge in [-0.15, -0.1) is 0 Å². The van der Waals surface area contributed by atoms with Crippen molar-refractivity contribution in [3.63, 3.8) is 0 Å². The molecule has 0 radical (unpaired) electrons. The van der Waals surface area contributed by atoms with Crippen molar-refractivity contribution in [3.05, 3.63) is 58.1 Å². The van der Waals surface area contributed by atoms with E-state index in [4.69, 9.17) is 27.9 Å². The molecule has 1 aliphatic heterocycles. The Morgan fingerprint density at radius 1 is 1.15 bits per heavy atom. The Balaban J connectivity index is 1.67. The second-order valence-corrected chi connectivity index (χ2v) is 8.27. The molecule has 3 rings (SSSR count). The van der Waals surface area contributed by atoms with Crippen LogP contribution in [0.3, 0.4) is 0 Å². The van der Waals surface area contributed by atoms with Crippen molar-refractivity contribution >= 4 is 40.9 Å². The molecule has 0 unspecified atom stereocenters. The van der Waals surface area contributed by atoms with Gasteiger partial charge in [0, 0.05) is 10.6 Å². The quantitative estimate of drug-likeness (QED) is 0.743. The molecule has 1 heterocycles. The maximum Gasteiger partial charge on any atom is 0.251 e.